The number of fused-ring (bicyclic) bond motifs is 2. The van der Waals surface area contributed by atoms with E-state index < -0.39 is 6.10 Å². The molecular weight excluding hydrogens is 278 g/mol. The third-order valence-corrected chi connectivity index (χ3v) is 4.15. The van der Waals surface area contributed by atoms with Crippen LogP contribution in [0.2, 0.25) is 0 Å². The second-order valence-corrected chi connectivity index (χ2v) is 5.37. The van der Waals surface area contributed by atoms with Crippen molar-refractivity contribution in [2.75, 3.05) is 0 Å². The highest BCUT2D eigenvalue weighted by atomic mass is 16.3. The molecule has 6 nitrogen and oxygen atoms in total. The average molecular weight is 291 g/mol. The van der Waals surface area contributed by atoms with Gasteiger partial charge >= 0.3 is 0 Å². The van der Waals surface area contributed by atoms with Gasteiger partial charge in [0.15, 0.2) is 6.19 Å². The molecule has 0 bridgehead atoms. The number of aliphatic hydroxyl groups excluding tert-OH is 1. The largest absolute Gasteiger partial charge is 0.388 e. The van der Waals surface area contributed by atoms with E-state index in [1.54, 1.807) is 0 Å². The van der Waals surface area contributed by atoms with Gasteiger partial charge in [-0.25, -0.2) is 9.97 Å². The molecule has 2 heterocycles. The Hall–Kier alpha value is -2.91. The smallest absolute Gasteiger partial charge is 0.177 e. The fourth-order valence-electron chi connectivity index (χ4n) is 3.12. The van der Waals surface area contributed by atoms with Gasteiger partial charge in [-0.1, -0.05) is 12.1 Å². The molecule has 2 atom stereocenters. The summed E-state index contributed by atoms with van der Waals surface area (Å²) in [5.41, 5.74) is 4.40. The zero-order valence-corrected chi connectivity index (χ0v) is 11.6. The number of nitrogens with zero attached hydrogens (tertiary/aromatic N) is 3. The molecule has 3 aromatic rings. The lowest BCUT2D eigenvalue weighted by Crippen LogP contribution is -2.12. The van der Waals surface area contributed by atoms with Gasteiger partial charge in [0.05, 0.1) is 17.8 Å². The summed E-state index contributed by atoms with van der Waals surface area (Å²) < 4.78 is 0. The van der Waals surface area contributed by atoms with Crippen LogP contribution in [-0.4, -0.2) is 20.1 Å². The quantitative estimate of drug-likeness (QED) is 0.496. The average Bonchev–Trinajstić information content (AvgIpc) is 3.12. The van der Waals surface area contributed by atoms with Gasteiger partial charge in [0.1, 0.15) is 12.0 Å². The highest BCUT2D eigenvalue weighted by molar-refractivity contribution is 5.90. The van der Waals surface area contributed by atoms with Gasteiger partial charge in [-0.15, -0.1) is 0 Å². The number of nitriles is 1. The van der Waals surface area contributed by atoms with Crippen LogP contribution in [0, 0.1) is 11.5 Å². The summed E-state index contributed by atoms with van der Waals surface area (Å²) in [6, 6.07) is 7.65. The van der Waals surface area contributed by atoms with Crippen LogP contribution in [0.25, 0.3) is 22.3 Å². The number of aromatic nitrogens is 3. The Kier molecular flexibility index (Phi) is 2.81. The lowest BCUT2D eigenvalue weighted by Gasteiger charge is -2.10. The SMILES string of the molecule is N#CNC1CC(O)c2ccc(-c3ncnc4[nH]ccc34)cc21. The fraction of sp³-hybridized carbons (Fsp3) is 0.188. The van der Waals surface area contributed by atoms with Crippen LogP contribution in [0.4, 0.5) is 0 Å². The van der Waals surface area contributed by atoms with Crippen LogP contribution in [0.15, 0.2) is 36.8 Å². The maximum absolute atomic E-state index is 10.1. The van der Waals surface area contributed by atoms with Crippen molar-refractivity contribution in [1.82, 2.24) is 20.3 Å². The molecule has 0 radical (unpaired) electrons. The molecule has 3 N–H and O–H groups in total. The maximum Gasteiger partial charge on any atom is 0.177 e. The van der Waals surface area contributed by atoms with Crippen LogP contribution in [0.1, 0.15) is 29.7 Å². The number of rotatable bonds is 2. The van der Waals surface area contributed by atoms with E-state index in [9.17, 15) is 5.11 Å². The van der Waals surface area contributed by atoms with Crippen molar-refractivity contribution in [3.8, 4) is 17.5 Å². The molecule has 4 rings (SSSR count). The van der Waals surface area contributed by atoms with Crippen LogP contribution in [-0.2, 0) is 0 Å². The van der Waals surface area contributed by atoms with Gasteiger partial charge in [-0.3, -0.25) is 0 Å². The molecule has 1 aliphatic carbocycles. The molecule has 0 saturated heterocycles. The first-order valence-corrected chi connectivity index (χ1v) is 7.03. The van der Waals surface area contributed by atoms with Gasteiger partial charge < -0.3 is 15.4 Å². The highest BCUT2D eigenvalue weighted by Gasteiger charge is 2.30. The summed E-state index contributed by atoms with van der Waals surface area (Å²) in [7, 11) is 0. The molecule has 0 amide bonds. The van der Waals surface area contributed by atoms with Gasteiger partial charge in [0.25, 0.3) is 0 Å². The number of benzene rings is 1. The predicted molar refractivity (Wildman–Crippen MR) is 80.4 cm³/mol. The normalized spacial score (nSPS) is 19.8. The lowest BCUT2D eigenvalue weighted by atomic mass is 10.0. The number of hydrogen-bond donors (Lipinski definition) is 3. The Balaban J connectivity index is 1.87. The second-order valence-electron chi connectivity index (χ2n) is 5.37. The highest BCUT2D eigenvalue weighted by Crippen LogP contribution is 2.40. The van der Waals surface area contributed by atoms with E-state index in [0.29, 0.717) is 6.42 Å². The number of aliphatic hydroxyl groups is 1. The minimum atomic E-state index is -0.535. The predicted octanol–water partition coefficient (Wildman–Crippen LogP) is 2.17. The first kappa shape index (κ1) is 12.8. The van der Waals surface area contributed by atoms with Crippen LogP contribution < -0.4 is 5.32 Å². The number of hydrogen-bond acceptors (Lipinski definition) is 5. The minimum absolute atomic E-state index is 0.154. The third-order valence-electron chi connectivity index (χ3n) is 4.15. The molecule has 0 fully saturated rings. The number of nitrogens with one attached hydrogen (secondary N) is 2. The van der Waals surface area contributed by atoms with Gasteiger partial charge in [0, 0.05) is 23.6 Å². The van der Waals surface area contributed by atoms with Crippen molar-refractivity contribution in [1.29, 1.82) is 5.26 Å². The zero-order chi connectivity index (χ0) is 15.1. The van der Waals surface area contributed by atoms with Crippen molar-refractivity contribution in [2.24, 2.45) is 0 Å². The summed E-state index contributed by atoms with van der Waals surface area (Å²) in [4.78, 5) is 11.7. The molecule has 0 aliphatic heterocycles. The first-order chi connectivity index (χ1) is 10.8. The van der Waals surface area contributed by atoms with E-state index in [2.05, 4.69) is 20.3 Å². The molecular formula is C16H13N5O. The van der Waals surface area contributed by atoms with Crippen molar-refractivity contribution in [3.05, 3.63) is 47.9 Å². The van der Waals surface area contributed by atoms with Crippen molar-refractivity contribution >= 4 is 11.0 Å². The minimum Gasteiger partial charge on any atom is -0.388 e. The molecule has 0 spiro atoms. The van der Waals surface area contributed by atoms with Gasteiger partial charge in [-0.05, 0) is 23.3 Å². The van der Waals surface area contributed by atoms with Crippen LogP contribution in [0.5, 0.6) is 0 Å². The molecule has 2 aromatic heterocycles. The van der Waals surface area contributed by atoms with E-state index >= 15 is 0 Å². The van der Waals surface area contributed by atoms with Crippen molar-refractivity contribution in [3.63, 3.8) is 0 Å². The summed E-state index contributed by atoms with van der Waals surface area (Å²) in [5.74, 6) is 0. The maximum atomic E-state index is 10.1. The van der Waals surface area contributed by atoms with Crippen LogP contribution >= 0.6 is 0 Å². The Morgan fingerprint density at radius 2 is 2.18 bits per heavy atom. The molecule has 1 aromatic carbocycles. The van der Waals surface area contributed by atoms with E-state index in [0.717, 1.165) is 33.4 Å². The molecule has 108 valence electrons. The van der Waals surface area contributed by atoms with E-state index in [1.165, 1.54) is 6.33 Å². The van der Waals surface area contributed by atoms with E-state index in [1.807, 2.05) is 36.7 Å². The summed E-state index contributed by atoms with van der Waals surface area (Å²) >= 11 is 0. The van der Waals surface area contributed by atoms with Crippen molar-refractivity contribution < 1.29 is 5.11 Å². The van der Waals surface area contributed by atoms with Gasteiger partial charge in [-0.2, -0.15) is 5.26 Å². The molecule has 6 heteroatoms. The number of H-pyrrole nitrogens is 1. The standard InChI is InChI=1S/C16H13N5O/c17-7-19-13-6-14(22)10-2-1-9(5-12(10)13)15-11-3-4-18-16(11)21-8-20-15/h1-5,8,13-14,19,22H,6H2,(H,18,20,21). The molecule has 0 saturated carbocycles. The first-order valence-electron chi connectivity index (χ1n) is 7.03. The second kappa shape index (κ2) is 4.83. The molecule has 2 unspecified atom stereocenters. The monoisotopic (exact) mass is 291 g/mol. The molecule has 22 heavy (non-hydrogen) atoms. The zero-order valence-electron chi connectivity index (χ0n) is 11.6. The summed E-state index contributed by atoms with van der Waals surface area (Å²) in [6.07, 6.45) is 5.30. The topological polar surface area (TPSA) is 97.6 Å². The van der Waals surface area contributed by atoms with Crippen molar-refractivity contribution in [2.45, 2.75) is 18.6 Å². The Morgan fingerprint density at radius 3 is 3.05 bits per heavy atom. The Labute approximate surface area is 126 Å². The molecule has 1 aliphatic rings. The van der Waals surface area contributed by atoms with E-state index in [-0.39, 0.29) is 6.04 Å². The summed E-state index contributed by atoms with van der Waals surface area (Å²) in [6.45, 7) is 0. The number of aromatic amines is 1. The lowest BCUT2D eigenvalue weighted by molar-refractivity contribution is 0.171. The van der Waals surface area contributed by atoms with E-state index in [4.69, 9.17) is 5.26 Å². The summed E-state index contributed by atoms with van der Waals surface area (Å²) in [5, 5.41) is 22.7. The fourth-order valence-corrected chi connectivity index (χ4v) is 3.12. The Morgan fingerprint density at radius 1 is 1.27 bits per heavy atom. The van der Waals surface area contributed by atoms with Gasteiger partial charge in [0.2, 0.25) is 0 Å². The third kappa shape index (κ3) is 1.84. The Bertz CT molecular complexity index is 895. The van der Waals surface area contributed by atoms with Crippen LogP contribution in [0.3, 0.4) is 0 Å².